The third-order valence-electron chi connectivity index (χ3n) is 5.73. The molecule has 1 aliphatic heterocycles. The Morgan fingerprint density at radius 2 is 1.91 bits per heavy atom. The Morgan fingerprint density at radius 1 is 1.12 bits per heavy atom. The Kier molecular flexibility index (Phi) is 5.52. The SMILES string of the molecule is CC1Oc2ccc(NC(=O)Cc3c[nH]c4ccccc34)cc2N(Cc2ccc(Cl)cc2)C1=O. The molecule has 0 fully saturated rings. The number of aromatic nitrogens is 1. The molecule has 0 saturated heterocycles. The van der Waals surface area contributed by atoms with Crippen LogP contribution in [0.15, 0.2) is 72.9 Å². The van der Waals surface area contributed by atoms with Crippen LogP contribution in [0.3, 0.4) is 0 Å². The van der Waals surface area contributed by atoms with E-state index in [9.17, 15) is 9.59 Å². The fraction of sp³-hybridized carbons (Fsp3) is 0.154. The average molecular weight is 460 g/mol. The summed E-state index contributed by atoms with van der Waals surface area (Å²) in [5.41, 5.74) is 4.10. The van der Waals surface area contributed by atoms with Gasteiger partial charge in [0.2, 0.25) is 5.91 Å². The van der Waals surface area contributed by atoms with Gasteiger partial charge in [0.25, 0.3) is 5.91 Å². The number of rotatable bonds is 5. The minimum Gasteiger partial charge on any atom is -0.479 e. The van der Waals surface area contributed by atoms with Gasteiger partial charge >= 0.3 is 0 Å². The first-order valence-corrected chi connectivity index (χ1v) is 11.1. The third-order valence-corrected chi connectivity index (χ3v) is 5.98. The van der Waals surface area contributed by atoms with Crippen molar-refractivity contribution in [2.24, 2.45) is 0 Å². The summed E-state index contributed by atoms with van der Waals surface area (Å²) in [5, 5.41) is 4.62. The van der Waals surface area contributed by atoms with Gasteiger partial charge in [-0.15, -0.1) is 0 Å². The van der Waals surface area contributed by atoms with Crippen molar-refractivity contribution in [3.05, 3.63) is 89.1 Å². The lowest BCUT2D eigenvalue weighted by atomic mass is 10.1. The predicted octanol–water partition coefficient (Wildman–Crippen LogP) is 5.32. The highest BCUT2D eigenvalue weighted by atomic mass is 35.5. The van der Waals surface area contributed by atoms with E-state index in [0.717, 1.165) is 22.0 Å². The summed E-state index contributed by atoms with van der Waals surface area (Å²) in [6, 6.07) is 20.6. The van der Waals surface area contributed by atoms with Crippen molar-refractivity contribution >= 4 is 45.7 Å². The number of hydrogen-bond donors (Lipinski definition) is 2. The smallest absolute Gasteiger partial charge is 0.268 e. The zero-order chi connectivity index (χ0) is 22.9. The lowest BCUT2D eigenvalue weighted by molar-refractivity contribution is -0.125. The van der Waals surface area contributed by atoms with Gasteiger partial charge in [-0.3, -0.25) is 9.59 Å². The number of carbonyl (C=O) groups is 2. The van der Waals surface area contributed by atoms with Crippen molar-refractivity contribution in [1.82, 2.24) is 4.98 Å². The molecular weight excluding hydrogens is 438 g/mol. The van der Waals surface area contributed by atoms with Gasteiger partial charge in [0.05, 0.1) is 18.7 Å². The second-order valence-electron chi connectivity index (χ2n) is 8.08. The highest BCUT2D eigenvalue weighted by Gasteiger charge is 2.32. The number of anilines is 2. The number of nitrogens with one attached hydrogen (secondary N) is 2. The molecule has 2 heterocycles. The summed E-state index contributed by atoms with van der Waals surface area (Å²) in [7, 11) is 0. The van der Waals surface area contributed by atoms with E-state index in [4.69, 9.17) is 16.3 Å². The van der Waals surface area contributed by atoms with Crippen LogP contribution in [0.1, 0.15) is 18.1 Å². The molecule has 0 saturated carbocycles. The maximum Gasteiger partial charge on any atom is 0.268 e. The molecule has 1 unspecified atom stereocenters. The van der Waals surface area contributed by atoms with Crippen molar-refractivity contribution in [2.45, 2.75) is 26.0 Å². The second-order valence-corrected chi connectivity index (χ2v) is 8.51. The van der Waals surface area contributed by atoms with Crippen molar-refractivity contribution in [1.29, 1.82) is 0 Å². The Balaban J connectivity index is 1.38. The number of aromatic amines is 1. The Labute approximate surface area is 196 Å². The molecular formula is C26H22ClN3O3. The molecule has 2 N–H and O–H groups in total. The molecule has 7 heteroatoms. The van der Waals surface area contributed by atoms with Crippen molar-refractivity contribution < 1.29 is 14.3 Å². The number of hydrogen-bond acceptors (Lipinski definition) is 3. The predicted molar refractivity (Wildman–Crippen MR) is 130 cm³/mol. The van der Waals surface area contributed by atoms with Gasteiger partial charge in [-0.05, 0) is 54.4 Å². The molecule has 4 aromatic rings. The highest BCUT2D eigenvalue weighted by Crippen LogP contribution is 2.37. The summed E-state index contributed by atoms with van der Waals surface area (Å²) in [6.45, 7) is 2.11. The quantitative estimate of drug-likeness (QED) is 0.424. The average Bonchev–Trinajstić information content (AvgIpc) is 3.21. The number of benzene rings is 3. The number of halogens is 1. The summed E-state index contributed by atoms with van der Waals surface area (Å²) >= 11 is 6.00. The molecule has 1 aromatic heterocycles. The number of ether oxygens (including phenoxy) is 1. The van der Waals surface area contributed by atoms with E-state index >= 15 is 0 Å². The molecule has 33 heavy (non-hydrogen) atoms. The Hall–Kier alpha value is -3.77. The molecule has 166 valence electrons. The topological polar surface area (TPSA) is 74.4 Å². The van der Waals surface area contributed by atoms with Gasteiger partial charge in [-0.25, -0.2) is 0 Å². The molecule has 2 amide bonds. The Morgan fingerprint density at radius 3 is 2.73 bits per heavy atom. The Bertz CT molecular complexity index is 1350. The van der Waals surface area contributed by atoms with Crippen LogP contribution >= 0.6 is 11.6 Å². The summed E-state index contributed by atoms with van der Waals surface area (Å²) in [6.07, 6.45) is 1.51. The van der Waals surface area contributed by atoms with Crippen LogP contribution in [0, 0.1) is 0 Å². The standard InChI is InChI=1S/C26H22ClN3O3/c1-16-26(32)30(15-17-6-8-19(27)9-7-17)23-13-20(10-11-24(23)33-16)29-25(31)12-18-14-28-22-5-3-2-4-21(18)22/h2-11,13-14,16,28H,12,15H2,1H3,(H,29,31). The van der Waals surface area contributed by atoms with E-state index in [1.807, 2.05) is 42.6 Å². The molecule has 0 bridgehead atoms. The molecule has 6 nitrogen and oxygen atoms in total. The van der Waals surface area contributed by atoms with Gasteiger partial charge in [-0.2, -0.15) is 0 Å². The molecule has 0 aliphatic carbocycles. The van der Waals surface area contributed by atoms with E-state index < -0.39 is 6.10 Å². The molecule has 0 spiro atoms. The maximum absolute atomic E-state index is 12.9. The molecule has 1 atom stereocenters. The number of H-pyrrole nitrogens is 1. The number of carbonyl (C=O) groups excluding carboxylic acids is 2. The first-order valence-electron chi connectivity index (χ1n) is 10.7. The lowest BCUT2D eigenvalue weighted by Gasteiger charge is -2.33. The van der Waals surface area contributed by atoms with Crippen LogP contribution in [0.4, 0.5) is 11.4 Å². The second kappa shape index (κ2) is 8.64. The fourth-order valence-electron chi connectivity index (χ4n) is 4.08. The van der Waals surface area contributed by atoms with Crippen molar-refractivity contribution in [3.63, 3.8) is 0 Å². The van der Waals surface area contributed by atoms with Crippen LogP contribution in [-0.4, -0.2) is 22.9 Å². The maximum atomic E-state index is 12.9. The molecule has 3 aromatic carbocycles. The van der Waals surface area contributed by atoms with Crippen LogP contribution in [0.2, 0.25) is 5.02 Å². The van der Waals surface area contributed by atoms with Gasteiger partial charge in [0.1, 0.15) is 5.75 Å². The largest absolute Gasteiger partial charge is 0.479 e. The zero-order valence-electron chi connectivity index (χ0n) is 18.0. The van der Waals surface area contributed by atoms with Crippen molar-refractivity contribution in [2.75, 3.05) is 10.2 Å². The van der Waals surface area contributed by atoms with Crippen molar-refractivity contribution in [3.8, 4) is 5.75 Å². The van der Waals surface area contributed by atoms with E-state index in [1.165, 1.54) is 0 Å². The van der Waals surface area contributed by atoms with E-state index in [-0.39, 0.29) is 18.2 Å². The number of fused-ring (bicyclic) bond motifs is 2. The first-order chi connectivity index (χ1) is 16.0. The van der Waals surface area contributed by atoms with E-state index in [1.54, 1.807) is 42.2 Å². The fourth-order valence-corrected chi connectivity index (χ4v) is 4.20. The van der Waals surface area contributed by atoms with E-state index in [0.29, 0.717) is 28.7 Å². The van der Waals surface area contributed by atoms with Gasteiger partial charge in [0, 0.05) is 27.8 Å². The molecule has 5 rings (SSSR count). The summed E-state index contributed by atoms with van der Waals surface area (Å²) in [4.78, 5) is 30.5. The summed E-state index contributed by atoms with van der Waals surface area (Å²) in [5.74, 6) is 0.325. The van der Waals surface area contributed by atoms with Crippen LogP contribution in [0.25, 0.3) is 10.9 Å². The molecule has 0 radical (unpaired) electrons. The number of amides is 2. The third kappa shape index (κ3) is 4.30. The van der Waals surface area contributed by atoms with E-state index in [2.05, 4.69) is 10.3 Å². The zero-order valence-corrected chi connectivity index (χ0v) is 18.7. The van der Waals surface area contributed by atoms with Gasteiger partial charge in [-0.1, -0.05) is 41.9 Å². The number of nitrogens with zero attached hydrogens (tertiary/aromatic N) is 1. The molecule has 1 aliphatic rings. The van der Waals surface area contributed by atoms with Crippen LogP contribution in [0.5, 0.6) is 5.75 Å². The minimum atomic E-state index is -0.591. The normalized spacial score (nSPS) is 15.3. The van der Waals surface area contributed by atoms with Crippen LogP contribution < -0.4 is 15.0 Å². The first kappa shape index (κ1) is 21.1. The minimum absolute atomic E-state index is 0.139. The lowest BCUT2D eigenvalue weighted by Crippen LogP contribution is -2.44. The van der Waals surface area contributed by atoms with Crippen LogP contribution in [-0.2, 0) is 22.6 Å². The highest BCUT2D eigenvalue weighted by molar-refractivity contribution is 6.30. The van der Waals surface area contributed by atoms with Gasteiger partial charge in [0.15, 0.2) is 6.10 Å². The number of para-hydroxylation sites is 1. The monoisotopic (exact) mass is 459 g/mol. The van der Waals surface area contributed by atoms with Gasteiger partial charge < -0.3 is 19.9 Å². The summed E-state index contributed by atoms with van der Waals surface area (Å²) < 4.78 is 5.80.